The van der Waals surface area contributed by atoms with Crippen LogP contribution in [0.25, 0.3) is 0 Å². The van der Waals surface area contributed by atoms with Crippen LogP contribution in [0.4, 0.5) is 11.4 Å². The van der Waals surface area contributed by atoms with Crippen LogP contribution >= 0.6 is 0 Å². The maximum atomic E-state index is 14.7. The molecular weight excluding hydrogens is 502 g/mol. The molecule has 2 saturated heterocycles. The molecule has 0 radical (unpaired) electrons. The van der Waals surface area contributed by atoms with Crippen LogP contribution in [0, 0.1) is 19.8 Å². The van der Waals surface area contributed by atoms with E-state index in [0.29, 0.717) is 30.2 Å². The minimum atomic E-state index is -1.43. The summed E-state index contributed by atoms with van der Waals surface area (Å²) in [4.78, 5) is 46.1. The minimum Gasteiger partial charge on any atom is -0.494 e. The van der Waals surface area contributed by atoms with E-state index >= 15 is 0 Å². The zero-order chi connectivity index (χ0) is 27.8. The number of aryl methyl sites for hydroxylation is 1. The largest absolute Gasteiger partial charge is 0.494 e. The number of carbonyl (C=O) groups is 3. The highest BCUT2D eigenvalue weighted by atomic mass is 16.5. The van der Waals surface area contributed by atoms with E-state index in [1.54, 1.807) is 12.1 Å². The second-order valence-corrected chi connectivity index (χ2v) is 11.5. The Morgan fingerprint density at radius 2 is 1.75 bits per heavy atom. The molecule has 4 heterocycles. The molecule has 4 aliphatic heterocycles. The van der Waals surface area contributed by atoms with Gasteiger partial charge >= 0.3 is 0 Å². The van der Waals surface area contributed by atoms with Gasteiger partial charge in [0.05, 0.1) is 12.5 Å². The molecule has 3 aromatic rings. The van der Waals surface area contributed by atoms with Crippen molar-refractivity contribution in [1.82, 2.24) is 4.90 Å². The Kier molecular flexibility index (Phi) is 5.48. The van der Waals surface area contributed by atoms with Crippen molar-refractivity contribution < 1.29 is 19.1 Å². The Morgan fingerprint density at radius 3 is 2.52 bits per heavy atom. The molecule has 0 bridgehead atoms. The van der Waals surface area contributed by atoms with Crippen molar-refractivity contribution in [1.29, 1.82) is 0 Å². The zero-order valence-electron chi connectivity index (χ0n) is 23.0. The van der Waals surface area contributed by atoms with Gasteiger partial charge in [-0.05, 0) is 86.7 Å². The molecule has 7 nitrogen and oxygen atoms in total. The molecule has 0 aliphatic carbocycles. The molecule has 7 heteroatoms. The molecule has 7 rings (SSSR count). The van der Waals surface area contributed by atoms with Gasteiger partial charge in [-0.3, -0.25) is 19.3 Å². The molecule has 4 aliphatic rings. The van der Waals surface area contributed by atoms with Gasteiger partial charge in [-0.15, -0.1) is 0 Å². The lowest BCUT2D eigenvalue weighted by molar-refractivity contribution is -0.137. The maximum absolute atomic E-state index is 14.7. The van der Waals surface area contributed by atoms with Crippen LogP contribution in [0.1, 0.15) is 58.8 Å². The van der Waals surface area contributed by atoms with E-state index in [-0.39, 0.29) is 23.6 Å². The van der Waals surface area contributed by atoms with Crippen LogP contribution in [0.2, 0.25) is 0 Å². The number of hydrogen-bond acceptors (Lipinski definition) is 5. The highest BCUT2D eigenvalue weighted by Gasteiger charge is 2.81. The van der Waals surface area contributed by atoms with Crippen LogP contribution in [-0.4, -0.2) is 41.7 Å². The van der Waals surface area contributed by atoms with Gasteiger partial charge in [0.15, 0.2) is 5.78 Å². The molecule has 2 amide bonds. The van der Waals surface area contributed by atoms with Crippen LogP contribution < -0.4 is 15.4 Å². The van der Waals surface area contributed by atoms with Gasteiger partial charge in [0.25, 0.3) is 5.91 Å². The smallest absolute Gasteiger partial charge is 0.251 e. The zero-order valence-corrected chi connectivity index (χ0v) is 23.0. The summed E-state index contributed by atoms with van der Waals surface area (Å²) in [7, 11) is 0. The van der Waals surface area contributed by atoms with E-state index < -0.39 is 16.9 Å². The maximum Gasteiger partial charge on any atom is 0.251 e. The van der Waals surface area contributed by atoms with Crippen molar-refractivity contribution in [3.63, 3.8) is 0 Å². The van der Waals surface area contributed by atoms with Crippen molar-refractivity contribution in [2.45, 2.75) is 57.0 Å². The Labute approximate surface area is 233 Å². The molecular formula is C33H33N3O4. The van der Waals surface area contributed by atoms with Crippen LogP contribution in [0.5, 0.6) is 5.75 Å². The number of nitrogens with one attached hydrogen (secondary N) is 2. The number of ketones is 1. The molecule has 0 saturated carbocycles. The van der Waals surface area contributed by atoms with E-state index in [1.165, 1.54) is 0 Å². The van der Waals surface area contributed by atoms with E-state index in [2.05, 4.69) is 15.5 Å². The van der Waals surface area contributed by atoms with E-state index in [9.17, 15) is 14.4 Å². The average Bonchev–Trinajstić information content (AvgIpc) is 3.68. The lowest BCUT2D eigenvalue weighted by atomic mass is 9.57. The number of ether oxygens (including phenoxy) is 1. The topological polar surface area (TPSA) is 87.7 Å². The van der Waals surface area contributed by atoms with Crippen molar-refractivity contribution >= 4 is 29.0 Å². The van der Waals surface area contributed by atoms with Gasteiger partial charge in [-0.25, -0.2) is 0 Å². The Bertz CT molecular complexity index is 1580. The van der Waals surface area contributed by atoms with Crippen LogP contribution in [0.15, 0.2) is 60.7 Å². The first-order valence-electron chi connectivity index (χ1n) is 14.2. The molecule has 40 heavy (non-hydrogen) atoms. The van der Waals surface area contributed by atoms with Gasteiger partial charge in [0.2, 0.25) is 5.91 Å². The van der Waals surface area contributed by atoms with Gasteiger partial charge in [-0.2, -0.15) is 0 Å². The lowest BCUT2D eigenvalue weighted by Crippen LogP contribution is -2.62. The SMILES string of the molecule is CCCOc1ccc(C(=O)[C@@H]2[C@H]3CCCN3[C@]3(C(=O)Nc4c3ccc(C)c4C)[C@@]23C(=O)Nc2ccccc23)cc1. The standard InChI is InChI=1S/C33H33N3O4/c1-4-18-40-22-14-12-21(13-15-22)29(37)27-26-10-7-17-36(26)33(24-16-11-19(2)20(3)28(24)35-31(33)39)32(27)23-8-5-6-9-25(23)34-30(32)38/h5-6,8-9,11-16,26-27H,4,7,10,17-18H2,1-3H3,(H,34,38)(H,35,39)/t26-,27+,32-,33-/m1/s1. The lowest BCUT2D eigenvalue weighted by Gasteiger charge is -2.43. The fourth-order valence-corrected chi connectivity index (χ4v) is 8.01. The quantitative estimate of drug-likeness (QED) is 0.444. The van der Waals surface area contributed by atoms with Crippen molar-refractivity contribution in [3.05, 3.63) is 88.5 Å². The first-order valence-corrected chi connectivity index (χ1v) is 14.2. The van der Waals surface area contributed by atoms with Gasteiger partial charge in [0.1, 0.15) is 16.7 Å². The predicted octanol–water partition coefficient (Wildman–Crippen LogP) is 5.11. The molecule has 0 unspecified atom stereocenters. The number of para-hydroxylation sites is 1. The van der Waals surface area contributed by atoms with E-state index in [0.717, 1.165) is 47.2 Å². The number of amides is 2. The van der Waals surface area contributed by atoms with E-state index in [4.69, 9.17) is 4.74 Å². The minimum absolute atomic E-state index is 0.118. The Hall–Kier alpha value is -3.97. The van der Waals surface area contributed by atoms with Crippen molar-refractivity contribution in [2.24, 2.45) is 5.92 Å². The number of rotatable bonds is 5. The molecule has 204 valence electrons. The number of anilines is 2. The fourth-order valence-electron chi connectivity index (χ4n) is 8.01. The highest BCUT2D eigenvalue weighted by molar-refractivity contribution is 6.21. The second kappa shape index (κ2) is 8.77. The van der Waals surface area contributed by atoms with Crippen molar-refractivity contribution in [2.75, 3.05) is 23.8 Å². The highest BCUT2D eigenvalue weighted by Crippen LogP contribution is 2.68. The van der Waals surface area contributed by atoms with Gasteiger partial charge in [0, 0.05) is 28.5 Å². The summed E-state index contributed by atoms with van der Waals surface area (Å²) in [6.07, 6.45) is 2.48. The number of hydrogen-bond donors (Lipinski definition) is 2. The monoisotopic (exact) mass is 535 g/mol. The number of nitrogens with zero attached hydrogens (tertiary/aromatic N) is 1. The molecule has 2 spiro atoms. The summed E-state index contributed by atoms with van der Waals surface area (Å²) in [6, 6.07) is 18.5. The van der Waals surface area contributed by atoms with Crippen LogP contribution in [0.3, 0.4) is 0 Å². The summed E-state index contributed by atoms with van der Waals surface area (Å²) in [5.74, 6) is -0.677. The number of carbonyl (C=O) groups excluding carboxylic acids is 3. The molecule has 2 N–H and O–H groups in total. The summed E-state index contributed by atoms with van der Waals surface area (Å²) in [6.45, 7) is 7.31. The Morgan fingerprint density at radius 1 is 0.975 bits per heavy atom. The average molecular weight is 536 g/mol. The summed E-state index contributed by atoms with van der Waals surface area (Å²) >= 11 is 0. The van der Waals surface area contributed by atoms with E-state index in [1.807, 2.05) is 69.3 Å². The molecule has 3 aromatic carbocycles. The first-order chi connectivity index (χ1) is 19.4. The molecule has 0 aromatic heterocycles. The number of benzene rings is 3. The second-order valence-electron chi connectivity index (χ2n) is 11.5. The summed E-state index contributed by atoms with van der Waals surface area (Å²) < 4.78 is 5.76. The predicted molar refractivity (Wildman–Crippen MR) is 153 cm³/mol. The van der Waals surface area contributed by atoms with Crippen LogP contribution in [-0.2, 0) is 20.5 Å². The number of Topliss-reactive ketones (excluding diaryl/α,β-unsaturated/α-hetero) is 1. The third-order valence-corrected chi connectivity index (χ3v) is 9.70. The third kappa shape index (κ3) is 2.91. The Balaban J connectivity index is 1.50. The van der Waals surface area contributed by atoms with Gasteiger partial charge in [-0.1, -0.05) is 37.3 Å². The van der Waals surface area contributed by atoms with Gasteiger partial charge < -0.3 is 15.4 Å². The first kappa shape index (κ1) is 25.0. The summed E-state index contributed by atoms with van der Waals surface area (Å²) in [5, 5.41) is 6.29. The fraction of sp³-hybridized carbons (Fsp3) is 0.364. The molecule has 4 atom stereocenters. The number of fused-ring (bicyclic) bond motifs is 7. The molecule has 2 fully saturated rings. The third-order valence-electron chi connectivity index (χ3n) is 9.70. The summed E-state index contributed by atoms with van der Waals surface area (Å²) in [5.41, 5.74) is 2.73. The normalized spacial score (nSPS) is 28.0. The van der Waals surface area contributed by atoms with Crippen molar-refractivity contribution in [3.8, 4) is 5.75 Å².